The standard InChI is InChI=1S/C14H20FN3O2/c1-2-16-10-11-3-4-13(12(15)9-11)20-8-7-18-6-5-17-14(18)19/h3-4,9,16H,2,5-8,10H2,1H3,(H,17,19). The van der Waals surface area contributed by atoms with Crippen LogP contribution in [0.4, 0.5) is 9.18 Å². The predicted octanol–water partition coefficient (Wildman–Crippen LogP) is 1.34. The van der Waals surface area contributed by atoms with Gasteiger partial charge in [0.2, 0.25) is 0 Å². The van der Waals surface area contributed by atoms with Gasteiger partial charge in [-0.2, -0.15) is 0 Å². The van der Waals surface area contributed by atoms with E-state index < -0.39 is 0 Å². The monoisotopic (exact) mass is 281 g/mol. The Kier molecular flexibility index (Phi) is 5.17. The Morgan fingerprint density at radius 2 is 2.35 bits per heavy atom. The van der Waals surface area contributed by atoms with E-state index in [0.717, 1.165) is 12.1 Å². The number of hydrogen-bond donors (Lipinski definition) is 2. The van der Waals surface area contributed by atoms with E-state index in [2.05, 4.69) is 10.6 Å². The topological polar surface area (TPSA) is 53.6 Å². The van der Waals surface area contributed by atoms with Gasteiger partial charge in [-0.05, 0) is 24.2 Å². The van der Waals surface area contributed by atoms with Gasteiger partial charge in [0.25, 0.3) is 0 Å². The van der Waals surface area contributed by atoms with Gasteiger partial charge in [-0.15, -0.1) is 0 Å². The summed E-state index contributed by atoms with van der Waals surface area (Å²) in [5.74, 6) is -0.142. The summed E-state index contributed by atoms with van der Waals surface area (Å²) < 4.78 is 19.2. The highest BCUT2D eigenvalue weighted by Gasteiger charge is 2.18. The molecule has 2 N–H and O–H groups in total. The molecule has 0 unspecified atom stereocenters. The Morgan fingerprint density at radius 1 is 1.50 bits per heavy atom. The molecular formula is C14H20FN3O2. The van der Waals surface area contributed by atoms with E-state index in [9.17, 15) is 9.18 Å². The lowest BCUT2D eigenvalue weighted by Crippen LogP contribution is -2.31. The third-order valence-corrected chi connectivity index (χ3v) is 3.14. The molecule has 1 fully saturated rings. The summed E-state index contributed by atoms with van der Waals surface area (Å²) in [5.41, 5.74) is 0.885. The molecular weight excluding hydrogens is 261 g/mol. The normalized spacial score (nSPS) is 14.5. The van der Waals surface area contributed by atoms with Crippen LogP contribution in [0.15, 0.2) is 18.2 Å². The number of rotatable bonds is 7. The van der Waals surface area contributed by atoms with Crippen LogP contribution in [0.2, 0.25) is 0 Å². The van der Waals surface area contributed by atoms with Gasteiger partial charge in [-0.1, -0.05) is 13.0 Å². The van der Waals surface area contributed by atoms with E-state index in [4.69, 9.17) is 4.74 Å². The maximum absolute atomic E-state index is 13.8. The number of nitrogens with one attached hydrogen (secondary N) is 2. The molecule has 1 aromatic rings. The molecule has 1 aromatic carbocycles. The minimum atomic E-state index is -0.369. The highest BCUT2D eigenvalue weighted by Crippen LogP contribution is 2.18. The van der Waals surface area contributed by atoms with Crippen molar-refractivity contribution in [2.24, 2.45) is 0 Å². The van der Waals surface area contributed by atoms with Crippen molar-refractivity contribution < 1.29 is 13.9 Å². The van der Waals surface area contributed by atoms with E-state index in [-0.39, 0.29) is 24.2 Å². The lowest BCUT2D eigenvalue weighted by atomic mass is 10.2. The molecule has 0 saturated carbocycles. The SMILES string of the molecule is CCNCc1ccc(OCCN2CCNC2=O)c(F)c1. The van der Waals surface area contributed by atoms with Crippen molar-refractivity contribution in [3.8, 4) is 5.75 Å². The lowest BCUT2D eigenvalue weighted by molar-refractivity contribution is 0.201. The van der Waals surface area contributed by atoms with Crippen LogP contribution in [-0.2, 0) is 6.54 Å². The van der Waals surface area contributed by atoms with E-state index >= 15 is 0 Å². The second kappa shape index (κ2) is 7.09. The molecule has 0 atom stereocenters. The van der Waals surface area contributed by atoms with Crippen LogP contribution in [0.1, 0.15) is 12.5 Å². The Balaban J connectivity index is 1.82. The molecule has 0 bridgehead atoms. The number of nitrogens with zero attached hydrogens (tertiary/aromatic N) is 1. The number of carbonyl (C=O) groups is 1. The molecule has 1 aliphatic rings. The fourth-order valence-electron chi connectivity index (χ4n) is 2.03. The molecule has 110 valence electrons. The van der Waals surface area contributed by atoms with E-state index in [1.54, 1.807) is 11.0 Å². The first-order valence-electron chi connectivity index (χ1n) is 6.85. The summed E-state index contributed by atoms with van der Waals surface area (Å²) in [7, 11) is 0. The predicted molar refractivity (Wildman–Crippen MR) is 74.2 cm³/mol. The van der Waals surface area contributed by atoms with Gasteiger partial charge < -0.3 is 20.3 Å². The number of carbonyl (C=O) groups excluding carboxylic acids is 1. The number of amides is 2. The molecule has 1 aliphatic heterocycles. The number of ether oxygens (including phenoxy) is 1. The molecule has 0 aromatic heterocycles. The first kappa shape index (κ1) is 14.6. The summed E-state index contributed by atoms with van der Waals surface area (Å²) >= 11 is 0. The maximum atomic E-state index is 13.8. The zero-order chi connectivity index (χ0) is 14.4. The van der Waals surface area contributed by atoms with Gasteiger partial charge in [0.05, 0.1) is 6.54 Å². The molecule has 0 radical (unpaired) electrons. The second-order valence-corrected chi connectivity index (χ2v) is 4.61. The van der Waals surface area contributed by atoms with Gasteiger partial charge in [-0.25, -0.2) is 9.18 Å². The molecule has 1 heterocycles. The lowest BCUT2D eigenvalue weighted by Gasteiger charge is -2.15. The summed E-state index contributed by atoms with van der Waals surface area (Å²) in [4.78, 5) is 13.0. The van der Waals surface area contributed by atoms with Crippen molar-refractivity contribution in [1.82, 2.24) is 15.5 Å². The van der Waals surface area contributed by atoms with Crippen LogP contribution in [0.3, 0.4) is 0 Å². The molecule has 20 heavy (non-hydrogen) atoms. The van der Waals surface area contributed by atoms with Crippen LogP contribution in [0, 0.1) is 5.82 Å². The summed E-state index contributed by atoms with van der Waals surface area (Å²) in [5, 5.41) is 5.84. The van der Waals surface area contributed by atoms with Crippen LogP contribution in [0.5, 0.6) is 5.75 Å². The summed E-state index contributed by atoms with van der Waals surface area (Å²) in [6.45, 7) is 5.57. The van der Waals surface area contributed by atoms with E-state index in [0.29, 0.717) is 26.2 Å². The van der Waals surface area contributed by atoms with Gasteiger partial charge in [0.1, 0.15) is 6.61 Å². The van der Waals surface area contributed by atoms with Crippen LogP contribution < -0.4 is 15.4 Å². The van der Waals surface area contributed by atoms with Crippen molar-refractivity contribution >= 4 is 6.03 Å². The minimum absolute atomic E-state index is 0.0879. The zero-order valence-corrected chi connectivity index (χ0v) is 11.6. The van der Waals surface area contributed by atoms with E-state index in [1.165, 1.54) is 6.07 Å². The van der Waals surface area contributed by atoms with Crippen molar-refractivity contribution in [1.29, 1.82) is 0 Å². The highest BCUT2D eigenvalue weighted by molar-refractivity contribution is 5.76. The van der Waals surface area contributed by atoms with E-state index in [1.807, 2.05) is 13.0 Å². The minimum Gasteiger partial charge on any atom is -0.489 e. The van der Waals surface area contributed by atoms with Crippen molar-refractivity contribution in [3.05, 3.63) is 29.6 Å². The Morgan fingerprint density at radius 3 is 3.00 bits per heavy atom. The third-order valence-electron chi connectivity index (χ3n) is 3.14. The summed E-state index contributed by atoms with van der Waals surface area (Å²) in [6, 6.07) is 4.85. The number of urea groups is 1. The fraction of sp³-hybridized carbons (Fsp3) is 0.500. The quantitative estimate of drug-likeness (QED) is 0.793. The van der Waals surface area contributed by atoms with Crippen molar-refractivity contribution in [2.75, 3.05) is 32.8 Å². The average molecular weight is 281 g/mol. The Bertz CT molecular complexity index is 468. The number of hydrogen-bond acceptors (Lipinski definition) is 3. The smallest absolute Gasteiger partial charge is 0.317 e. The van der Waals surface area contributed by atoms with Crippen molar-refractivity contribution in [3.63, 3.8) is 0 Å². The molecule has 2 rings (SSSR count). The largest absolute Gasteiger partial charge is 0.489 e. The number of benzene rings is 1. The summed E-state index contributed by atoms with van der Waals surface area (Å²) in [6.07, 6.45) is 0. The number of halogens is 1. The van der Waals surface area contributed by atoms with Crippen LogP contribution in [0.25, 0.3) is 0 Å². The first-order valence-corrected chi connectivity index (χ1v) is 6.85. The van der Waals surface area contributed by atoms with Gasteiger partial charge in [0, 0.05) is 19.6 Å². The van der Waals surface area contributed by atoms with Gasteiger partial charge >= 0.3 is 6.03 Å². The molecule has 1 saturated heterocycles. The highest BCUT2D eigenvalue weighted by atomic mass is 19.1. The first-order chi connectivity index (χ1) is 9.70. The van der Waals surface area contributed by atoms with Crippen molar-refractivity contribution in [2.45, 2.75) is 13.5 Å². The molecule has 6 heteroatoms. The van der Waals surface area contributed by atoms with Crippen LogP contribution in [-0.4, -0.2) is 43.7 Å². The Labute approximate surface area is 118 Å². The zero-order valence-electron chi connectivity index (χ0n) is 11.6. The molecule has 5 nitrogen and oxygen atoms in total. The molecule has 2 amide bonds. The van der Waals surface area contributed by atoms with Crippen LogP contribution >= 0.6 is 0 Å². The second-order valence-electron chi connectivity index (χ2n) is 4.61. The Hall–Kier alpha value is -1.82. The maximum Gasteiger partial charge on any atom is 0.317 e. The van der Waals surface area contributed by atoms with Gasteiger partial charge in [-0.3, -0.25) is 0 Å². The molecule has 0 spiro atoms. The molecule has 0 aliphatic carbocycles. The van der Waals surface area contributed by atoms with Gasteiger partial charge in [0.15, 0.2) is 11.6 Å². The third kappa shape index (κ3) is 3.84. The average Bonchev–Trinajstić information content (AvgIpc) is 2.84. The fourth-order valence-corrected chi connectivity index (χ4v) is 2.03.